The second-order valence-corrected chi connectivity index (χ2v) is 8.38. The summed E-state index contributed by atoms with van der Waals surface area (Å²) < 4.78 is 6.73. The summed E-state index contributed by atoms with van der Waals surface area (Å²) in [5, 5.41) is 4.87. The highest BCUT2D eigenvalue weighted by Crippen LogP contribution is 2.30. The minimum Gasteiger partial charge on any atom is -0.444 e. The Morgan fingerprint density at radius 2 is 1.93 bits per heavy atom. The number of carbonyl (C=O) groups excluding carboxylic acids is 1. The SMILES string of the molecule is O=C(Nc1ccc(N2CCCC2)cc1)OC1CCN(c2ncnc3ccsc23)C1.[HH]. The molecule has 1 aromatic carbocycles. The zero-order valence-corrected chi connectivity index (χ0v) is 16.9. The fourth-order valence-corrected chi connectivity index (χ4v) is 4.91. The van der Waals surface area contributed by atoms with Crippen LogP contribution in [0.3, 0.4) is 0 Å². The standard InChI is InChI=1S/C21H23N5O2S.H2/c27-21(24-15-3-5-16(6-4-15)25-9-1-2-10-25)28-17-7-11-26(13-17)20-19-18(8-12-29-19)22-14-23-20;/h3-6,8,12,14,17H,1-2,7,9-11,13H2,(H,24,27);1H. The van der Waals surface area contributed by atoms with E-state index in [1.54, 1.807) is 17.7 Å². The molecule has 0 saturated carbocycles. The Kier molecular flexibility index (Phi) is 4.93. The van der Waals surface area contributed by atoms with E-state index in [1.165, 1.54) is 18.5 Å². The van der Waals surface area contributed by atoms with Crippen LogP contribution in [-0.2, 0) is 4.74 Å². The summed E-state index contributed by atoms with van der Waals surface area (Å²) in [4.78, 5) is 25.6. The molecule has 2 saturated heterocycles. The number of hydrogen-bond acceptors (Lipinski definition) is 7. The van der Waals surface area contributed by atoms with E-state index in [0.29, 0.717) is 6.54 Å². The molecule has 1 unspecified atom stereocenters. The van der Waals surface area contributed by atoms with Gasteiger partial charge in [0.15, 0.2) is 0 Å². The highest BCUT2D eigenvalue weighted by molar-refractivity contribution is 7.17. The zero-order valence-electron chi connectivity index (χ0n) is 16.1. The number of anilines is 3. The molecule has 1 N–H and O–H groups in total. The van der Waals surface area contributed by atoms with Crippen LogP contribution < -0.4 is 15.1 Å². The summed E-state index contributed by atoms with van der Waals surface area (Å²) in [5.41, 5.74) is 2.92. The minimum absolute atomic E-state index is 0. The van der Waals surface area contributed by atoms with Gasteiger partial charge in [-0.2, -0.15) is 0 Å². The third-order valence-electron chi connectivity index (χ3n) is 5.53. The van der Waals surface area contributed by atoms with E-state index >= 15 is 0 Å². The van der Waals surface area contributed by atoms with E-state index in [0.717, 1.165) is 47.8 Å². The van der Waals surface area contributed by atoms with Crippen LogP contribution in [-0.4, -0.2) is 48.3 Å². The first-order valence-electron chi connectivity index (χ1n) is 10.0. The van der Waals surface area contributed by atoms with Gasteiger partial charge in [-0.3, -0.25) is 5.32 Å². The summed E-state index contributed by atoms with van der Waals surface area (Å²) in [6, 6.07) is 9.98. The molecule has 2 fully saturated rings. The van der Waals surface area contributed by atoms with E-state index in [4.69, 9.17) is 4.74 Å². The van der Waals surface area contributed by atoms with Gasteiger partial charge in [-0.05, 0) is 48.6 Å². The van der Waals surface area contributed by atoms with Crippen LogP contribution >= 0.6 is 11.3 Å². The van der Waals surface area contributed by atoms with Crippen molar-refractivity contribution in [3.63, 3.8) is 0 Å². The van der Waals surface area contributed by atoms with E-state index in [-0.39, 0.29) is 7.53 Å². The van der Waals surface area contributed by atoms with Gasteiger partial charge in [-0.1, -0.05) is 0 Å². The lowest BCUT2D eigenvalue weighted by Crippen LogP contribution is -2.27. The maximum Gasteiger partial charge on any atom is 0.411 e. The highest BCUT2D eigenvalue weighted by atomic mass is 32.1. The normalized spacial score (nSPS) is 19.1. The molecule has 4 heterocycles. The molecular weight excluding hydrogens is 386 g/mol. The van der Waals surface area contributed by atoms with E-state index in [1.807, 2.05) is 23.6 Å². The highest BCUT2D eigenvalue weighted by Gasteiger charge is 2.28. The Morgan fingerprint density at radius 1 is 1.10 bits per heavy atom. The number of hydrogen-bond donors (Lipinski definition) is 1. The molecule has 0 aliphatic carbocycles. The molecule has 29 heavy (non-hydrogen) atoms. The van der Waals surface area contributed by atoms with Gasteiger partial charge in [0.1, 0.15) is 18.2 Å². The number of benzene rings is 1. The monoisotopic (exact) mass is 411 g/mol. The molecule has 152 valence electrons. The Morgan fingerprint density at radius 3 is 2.76 bits per heavy atom. The molecule has 1 atom stereocenters. The summed E-state index contributed by atoms with van der Waals surface area (Å²) >= 11 is 1.64. The Labute approximate surface area is 174 Å². The van der Waals surface area contributed by atoms with Gasteiger partial charge in [0.2, 0.25) is 0 Å². The summed E-state index contributed by atoms with van der Waals surface area (Å²) in [7, 11) is 0. The van der Waals surface area contributed by atoms with Crippen LogP contribution in [0, 0.1) is 0 Å². The maximum absolute atomic E-state index is 12.3. The maximum atomic E-state index is 12.3. The summed E-state index contributed by atoms with van der Waals surface area (Å²) in [6.07, 6.45) is 4.32. The van der Waals surface area contributed by atoms with Crippen molar-refractivity contribution in [2.24, 2.45) is 0 Å². The first-order valence-corrected chi connectivity index (χ1v) is 10.9. The molecule has 2 aromatic heterocycles. The van der Waals surface area contributed by atoms with Crippen molar-refractivity contribution in [1.29, 1.82) is 0 Å². The van der Waals surface area contributed by atoms with Gasteiger partial charge >= 0.3 is 6.09 Å². The molecule has 3 aromatic rings. The van der Waals surface area contributed by atoms with Crippen molar-refractivity contribution in [2.75, 3.05) is 41.3 Å². The van der Waals surface area contributed by atoms with Gasteiger partial charge in [-0.15, -0.1) is 11.3 Å². The molecule has 0 bridgehead atoms. The Hall–Kier alpha value is -2.87. The third-order valence-corrected chi connectivity index (χ3v) is 6.43. The van der Waals surface area contributed by atoms with Crippen LogP contribution in [0.4, 0.5) is 22.0 Å². The van der Waals surface area contributed by atoms with Gasteiger partial charge in [-0.25, -0.2) is 14.8 Å². The van der Waals surface area contributed by atoms with Gasteiger partial charge in [0.05, 0.1) is 16.8 Å². The summed E-state index contributed by atoms with van der Waals surface area (Å²) in [5.74, 6) is 0.925. The number of fused-ring (bicyclic) bond motifs is 1. The second-order valence-electron chi connectivity index (χ2n) is 7.46. The van der Waals surface area contributed by atoms with E-state index in [9.17, 15) is 4.79 Å². The van der Waals surface area contributed by atoms with Gasteiger partial charge in [0, 0.05) is 38.9 Å². The lowest BCUT2D eigenvalue weighted by Gasteiger charge is -2.19. The molecule has 8 heteroatoms. The van der Waals surface area contributed by atoms with Gasteiger partial charge in [0.25, 0.3) is 0 Å². The van der Waals surface area contributed by atoms with Crippen molar-refractivity contribution in [3.8, 4) is 0 Å². The molecule has 2 aliphatic heterocycles. The topological polar surface area (TPSA) is 70.6 Å². The predicted octanol–water partition coefficient (Wildman–Crippen LogP) is 4.36. The molecular formula is C21H25N5O2S. The van der Waals surface area contributed by atoms with Crippen LogP contribution in [0.2, 0.25) is 0 Å². The number of ether oxygens (including phenoxy) is 1. The zero-order chi connectivity index (χ0) is 19.6. The third kappa shape index (κ3) is 3.85. The molecule has 5 rings (SSSR count). The largest absolute Gasteiger partial charge is 0.444 e. The number of rotatable bonds is 4. The Bertz CT molecular complexity index is 1010. The van der Waals surface area contributed by atoms with Gasteiger partial charge < -0.3 is 14.5 Å². The summed E-state index contributed by atoms with van der Waals surface area (Å²) in [6.45, 7) is 3.67. The molecule has 1 amide bonds. The van der Waals surface area contributed by atoms with Crippen molar-refractivity contribution in [1.82, 2.24) is 9.97 Å². The average Bonchev–Trinajstić information content (AvgIpc) is 3.49. The fraction of sp³-hybridized carbons (Fsp3) is 0.381. The number of carbonyl (C=O) groups is 1. The molecule has 0 spiro atoms. The van der Waals surface area contributed by atoms with E-state index < -0.39 is 6.09 Å². The van der Waals surface area contributed by atoms with Crippen molar-refractivity contribution < 1.29 is 11.0 Å². The van der Waals surface area contributed by atoms with Crippen LogP contribution in [0.1, 0.15) is 20.7 Å². The molecule has 2 aliphatic rings. The smallest absolute Gasteiger partial charge is 0.411 e. The average molecular weight is 412 g/mol. The number of nitrogens with zero attached hydrogens (tertiary/aromatic N) is 4. The first kappa shape index (κ1) is 18.2. The van der Waals surface area contributed by atoms with Crippen LogP contribution in [0.5, 0.6) is 0 Å². The van der Waals surface area contributed by atoms with E-state index in [2.05, 4.69) is 37.2 Å². The van der Waals surface area contributed by atoms with Crippen molar-refractivity contribution in [2.45, 2.75) is 25.4 Å². The lowest BCUT2D eigenvalue weighted by atomic mass is 10.2. The first-order chi connectivity index (χ1) is 14.3. The molecule has 7 nitrogen and oxygen atoms in total. The lowest BCUT2D eigenvalue weighted by molar-refractivity contribution is 0.122. The van der Waals surface area contributed by atoms with Crippen molar-refractivity contribution >= 4 is 44.8 Å². The predicted molar refractivity (Wildman–Crippen MR) is 118 cm³/mol. The van der Waals surface area contributed by atoms with Crippen LogP contribution in [0.25, 0.3) is 10.2 Å². The quantitative estimate of drug-likeness (QED) is 0.688. The van der Waals surface area contributed by atoms with Crippen LogP contribution in [0.15, 0.2) is 42.0 Å². The fourth-order valence-electron chi connectivity index (χ4n) is 4.05. The molecule has 0 radical (unpaired) electrons. The number of nitrogens with one attached hydrogen (secondary N) is 1. The number of amides is 1. The number of thiophene rings is 1. The van der Waals surface area contributed by atoms with Crippen molar-refractivity contribution in [3.05, 3.63) is 42.0 Å². The Balaban J connectivity index is 0.00000218. The number of aromatic nitrogens is 2. The second kappa shape index (κ2) is 7.87. The minimum atomic E-state index is -0.408.